The normalized spacial score (nSPS) is 9.87. The predicted molar refractivity (Wildman–Crippen MR) is 61.5 cm³/mol. The van der Waals surface area contributed by atoms with E-state index in [4.69, 9.17) is 4.74 Å². The molecule has 3 nitrogen and oxygen atoms in total. The molecule has 0 heterocycles. The molecule has 0 aliphatic rings. The second kappa shape index (κ2) is 4.82. The Hall–Kier alpha value is -1.51. The van der Waals surface area contributed by atoms with Crippen molar-refractivity contribution >= 4 is 11.7 Å². The van der Waals surface area contributed by atoms with Gasteiger partial charge in [-0.25, -0.2) is 0 Å². The van der Waals surface area contributed by atoms with E-state index in [2.05, 4.69) is 0 Å². The van der Waals surface area contributed by atoms with Gasteiger partial charge in [0.2, 0.25) is 0 Å². The summed E-state index contributed by atoms with van der Waals surface area (Å²) >= 11 is 0. The summed E-state index contributed by atoms with van der Waals surface area (Å²) in [6.45, 7) is 3.46. The summed E-state index contributed by atoms with van der Waals surface area (Å²) in [5.74, 6) is 0.387. The van der Waals surface area contributed by atoms with Gasteiger partial charge in [0.05, 0.1) is 0 Å². The molecule has 1 rings (SSSR count). The van der Waals surface area contributed by atoms with E-state index in [0.29, 0.717) is 5.75 Å². The van der Waals surface area contributed by atoms with Crippen LogP contribution in [-0.4, -0.2) is 20.1 Å². The van der Waals surface area contributed by atoms with Gasteiger partial charge in [0.1, 0.15) is 5.75 Å². The zero-order valence-corrected chi connectivity index (χ0v) is 9.70. The van der Waals surface area contributed by atoms with E-state index in [9.17, 15) is 4.79 Å². The van der Waals surface area contributed by atoms with Crippen molar-refractivity contribution < 1.29 is 9.53 Å². The highest BCUT2D eigenvalue weighted by atomic mass is 16.5. The maximum atomic E-state index is 10.9. The van der Waals surface area contributed by atoms with Crippen molar-refractivity contribution in [1.29, 1.82) is 0 Å². The monoisotopic (exact) mass is 207 g/mol. The van der Waals surface area contributed by atoms with Crippen molar-refractivity contribution in [2.24, 2.45) is 0 Å². The van der Waals surface area contributed by atoms with Gasteiger partial charge in [-0.1, -0.05) is 6.92 Å². The molecular formula is C12H17NO2. The topological polar surface area (TPSA) is 29.5 Å². The molecule has 0 unspecified atom stereocenters. The van der Waals surface area contributed by atoms with Crippen LogP contribution >= 0.6 is 0 Å². The van der Waals surface area contributed by atoms with E-state index in [-0.39, 0.29) is 5.97 Å². The number of hydrogen-bond donors (Lipinski definition) is 0. The van der Waals surface area contributed by atoms with E-state index in [0.717, 1.165) is 17.7 Å². The van der Waals surface area contributed by atoms with Crippen molar-refractivity contribution in [3.05, 3.63) is 23.8 Å². The quantitative estimate of drug-likeness (QED) is 0.562. The van der Waals surface area contributed by atoms with Crippen molar-refractivity contribution in [1.82, 2.24) is 0 Å². The zero-order chi connectivity index (χ0) is 11.4. The number of anilines is 1. The smallest absolute Gasteiger partial charge is 0.308 e. The van der Waals surface area contributed by atoms with Gasteiger partial charge in [-0.15, -0.1) is 0 Å². The highest BCUT2D eigenvalue weighted by Gasteiger charge is 2.06. The van der Waals surface area contributed by atoms with Crippen molar-refractivity contribution in [3.8, 4) is 5.75 Å². The van der Waals surface area contributed by atoms with Gasteiger partial charge >= 0.3 is 5.97 Å². The Kier molecular flexibility index (Phi) is 3.72. The van der Waals surface area contributed by atoms with Crippen LogP contribution < -0.4 is 9.64 Å². The van der Waals surface area contributed by atoms with Crippen molar-refractivity contribution in [2.45, 2.75) is 20.3 Å². The lowest BCUT2D eigenvalue weighted by Gasteiger charge is -2.15. The van der Waals surface area contributed by atoms with Crippen LogP contribution in [0.4, 0.5) is 5.69 Å². The van der Waals surface area contributed by atoms with Gasteiger partial charge in [0, 0.05) is 26.7 Å². The lowest BCUT2D eigenvalue weighted by Crippen LogP contribution is -2.10. The SMILES string of the molecule is CCc1cc(N(C)C)ccc1OC(C)=O. The Morgan fingerprint density at radius 1 is 1.40 bits per heavy atom. The third-order valence-corrected chi connectivity index (χ3v) is 2.20. The fourth-order valence-corrected chi connectivity index (χ4v) is 1.37. The molecule has 0 bridgehead atoms. The number of esters is 1. The van der Waals surface area contributed by atoms with Crippen LogP contribution in [0, 0.1) is 0 Å². The molecule has 82 valence electrons. The third-order valence-electron chi connectivity index (χ3n) is 2.20. The molecule has 0 atom stereocenters. The van der Waals surface area contributed by atoms with Gasteiger partial charge in [0.25, 0.3) is 0 Å². The number of nitrogens with zero attached hydrogens (tertiary/aromatic N) is 1. The molecule has 0 spiro atoms. The first kappa shape index (κ1) is 11.6. The molecule has 0 aliphatic heterocycles. The number of carbonyl (C=O) groups is 1. The molecule has 0 saturated heterocycles. The number of carbonyl (C=O) groups excluding carboxylic acids is 1. The minimum absolute atomic E-state index is 0.276. The van der Waals surface area contributed by atoms with Crippen LogP contribution in [0.1, 0.15) is 19.4 Å². The zero-order valence-electron chi connectivity index (χ0n) is 9.70. The molecule has 0 saturated carbocycles. The minimum Gasteiger partial charge on any atom is -0.426 e. The highest BCUT2D eigenvalue weighted by Crippen LogP contribution is 2.24. The lowest BCUT2D eigenvalue weighted by atomic mass is 10.1. The first-order valence-electron chi connectivity index (χ1n) is 5.03. The summed E-state index contributed by atoms with van der Waals surface area (Å²) in [6, 6.07) is 5.82. The molecular weight excluding hydrogens is 190 g/mol. The molecule has 15 heavy (non-hydrogen) atoms. The molecule has 1 aromatic rings. The molecule has 0 radical (unpaired) electrons. The molecule has 0 aromatic heterocycles. The summed E-state index contributed by atoms with van der Waals surface area (Å²) < 4.78 is 5.11. The van der Waals surface area contributed by atoms with E-state index in [1.54, 1.807) is 0 Å². The van der Waals surface area contributed by atoms with Crippen LogP contribution in [0.25, 0.3) is 0 Å². The Balaban J connectivity index is 3.03. The van der Waals surface area contributed by atoms with E-state index < -0.39 is 0 Å². The van der Waals surface area contributed by atoms with Gasteiger partial charge in [-0.2, -0.15) is 0 Å². The number of hydrogen-bond acceptors (Lipinski definition) is 3. The minimum atomic E-state index is -0.276. The summed E-state index contributed by atoms with van der Waals surface area (Å²) in [6.07, 6.45) is 0.851. The summed E-state index contributed by atoms with van der Waals surface area (Å²) in [7, 11) is 3.97. The summed E-state index contributed by atoms with van der Waals surface area (Å²) in [5.41, 5.74) is 2.17. The average molecular weight is 207 g/mol. The Morgan fingerprint density at radius 2 is 2.07 bits per heavy atom. The molecule has 0 aliphatic carbocycles. The maximum Gasteiger partial charge on any atom is 0.308 e. The average Bonchev–Trinajstić information content (AvgIpc) is 2.17. The van der Waals surface area contributed by atoms with E-state index >= 15 is 0 Å². The number of aryl methyl sites for hydroxylation is 1. The van der Waals surface area contributed by atoms with Crippen LogP contribution in [-0.2, 0) is 11.2 Å². The fraction of sp³-hybridized carbons (Fsp3) is 0.417. The van der Waals surface area contributed by atoms with Gasteiger partial charge in [-0.3, -0.25) is 4.79 Å². The molecule has 0 amide bonds. The second-order valence-electron chi connectivity index (χ2n) is 3.63. The standard InChI is InChI=1S/C12H17NO2/c1-5-10-8-11(13(3)4)6-7-12(10)15-9(2)14/h6-8H,5H2,1-4H3. The maximum absolute atomic E-state index is 10.9. The van der Waals surface area contributed by atoms with Crippen molar-refractivity contribution in [2.75, 3.05) is 19.0 Å². The fourth-order valence-electron chi connectivity index (χ4n) is 1.37. The van der Waals surface area contributed by atoms with Crippen molar-refractivity contribution in [3.63, 3.8) is 0 Å². The van der Waals surface area contributed by atoms with Crippen LogP contribution in [0.5, 0.6) is 5.75 Å². The van der Waals surface area contributed by atoms with Gasteiger partial charge in [-0.05, 0) is 30.2 Å². The predicted octanol–water partition coefficient (Wildman–Crippen LogP) is 2.24. The van der Waals surface area contributed by atoms with Gasteiger partial charge in [0.15, 0.2) is 0 Å². The van der Waals surface area contributed by atoms with E-state index in [1.807, 2.05) is 44.1 Å². The molecule has 1 aromatic carbocycles. The number of rotatable bonds is 3. The van der Waals surface area contributed by atoms with E-state index in [1.165, 1.54) is 6.92 Å². The number of benzene rings is 1. The Labute approximate surface area is 90.7 Å². The Morgan fingerprint density at radius 3 is 2.53 bits per heavy atom. The molecule has 0 N–H and O–H groups in total. The number of ether oxygens (including phenoxy) is 1. The van der Waals surface area contributed by atoms with Crippen LogP contribution in [0.3, 0.4) is 0 Å². The largest absolute Gasteiger partial charge is 0.426 e. The second-order valence-corrected chi connectivity index (χ2v) is 3.63. The summed E-state index contributed by atoms with van der Waals surface area (Å²) in [4.78, 5) is 12.9. The van der Waals surface area contributed by atoms with Gasteiger partial charge < -0.3 is 9.64 Å². The summed E-state index contributed by atoms with van der Waals surface area (Å²) in [5, 5.41) is 0. The lowest BCUT2D eigenvalue weighted by molar-refractivity contribution is -0.131. The van der Waals surface area contributed by atoms with Crippen LogP contribution in [0.2, 0.25) is 0 Å². The first-order valence-corrected chi connectivity index (χ1v) is 5.03. The van der Waals surface area contributed by atoms with Crippen LogP contribution in [0.15, 0.2) is 18.2 Å². The molecule has 0 fully saturated rings. The Bertz CT molecular complexity index is 359. The molecule has 3 heteroatoms. The highest BCUT2D eigenvalue weighted by molar-refractivity contribution is 5.70. The first-order chi connectivity index (χ1) is 7.04. The third kappa shape index (κ3) is 2.98.